The summed E-state index contributed by atoms with van der Waals surface area (Å²) in [5, 5.41) is 0. The first kappa shape index (κ1) is 11.5. The van der Waals surface area contributed by atoms with E-state index in [0.717, 1.165) is 0 Å². The molecule has 1 unspecified atom stereocenters. The van der Waals surface area contributed by atoms with Crippen LogP contribution < -0.4 is 0 Å². The van der Waals surface area contributed by atoms with Gasteiger partial charge in [0.15, 0.2) is 7.38 Å². The minimum absolute atomic E-state index is 0.504. The van der Waals surface area contributed by atoms with E-state index >= 15 is 0 Å². The van der Waals surface area contributed by atoms with Crippen LogP contribution in [-0.2, 0) is 0 Å². The van der Waals surface area contributed by atoms with Crippen molar-refractivity contribution in [2.24, 2.45) is 0 Å². The third-order valence-corrected chi connectivity index (χ3v) is 5.85. The molecule has 0 aromatic heterocycles. The highest BCUT2D eigenvalue weighted by atomic mass is 35.6. The number of benzene rings is 1. The van der Waals surface area contributed by atoms with E-state index in [0.29, 0.717) is 5.54 Å². The predicted octanol–water partition coefficient (Wildman–Crippen LogP) is 4.53. The highest BCUT2D eigenvalue weighted by Crippen LogP contribution is 2.26. The number of hydrogen-bond acceptors (Lipinski definition) is 0. The number of halogens is 1. The van der Waals surface area contributed by atoms with Gasteiger partial charge < -0.3 is 0 Å². The van der Waals surface area contributed by atoms with E-state index in [9.17, 15) is 0 Å². The molecule has 1 aromatic carbocycles. The average molecular weight is 225 g/mol. The van der Waals surface area contributed by atoms with E-state index in [2.05, 4.69) is 44.3 Å². The summed E-state index contributed by atoms with van der Waals surface area (Å²) in [5.41, 5.74) is 1.75. The zero-order chi connectivity index (χ0) is 10.6. The van der Waals surface area contributed by atoms with Crippen molar-refractivity contribution in [3.05, 3.63) is 42.0 Å². The Morgan fingerprint density at radius 2 is 1.79 bits per heavy atom. The molecule has 1 atom stereocenters. The number of rotatable bonds is 3. The Hall–Kier alpha value is -0.533. The molecule has 76 valence electrons. The lowest BCUT2D eigenvalue weighted by atomic mass is 10.2. The summed E-state index contributed by atoms with van der Waals surface area (Å²) in [6.07, 6.45) is 4.37. The Balaban J connectivity index is 2.66. The molecule has 0 saturated heterocycles. The van der Waals surface area contributed by atoms with Crippen molar-refractivity contribution in [3.63, 3.8) is 0 Å². The standard InChI is InChI=1S/C12H17ClSi/c1-11(14(2,3)13)9-10-12-7-5-4-6-8-12/h4-11H,1-3H3/b10-9+. The van der Waals surface area contributed by atoms with Gasteiger partial charge in [0.2, 0.25) is 0 Å². The van der Waals surface area contributed by atoms with Crippen LogP contribution in [0.5, 0.6) is 0 Å². The third kappa shape index (κ3) is 3.68. The highest BCUT2D eigenvalue weighted by Gasteiger charge is 2.23. The lowest BCUT2D eigenvalue weighted by molar-refractivity contribution is 1.16. The molecule has 0 saturated carbocycles. The molecule has 0 radical (unpaired) electrons. The molecule has 0 nitrogen and oxygen atoms in total. The first-order chi connectivity index (χ1) is 6.50. The SMILES string of the molecule is CC(/C=C/c1ccccc1)[Si](C)(C)Cl. The van der Waals surface area contributed by atoms with Crippen molar-refractivity contribution in [2.75, 3.05) is 0 Å². The second-order valence-electron chi connectivity index (χ2n) is 4.12. The molecular formula is C12H17ClSi. The molecule has 0 bridgehead atoms. The van der Waals surface area contributed by atoms with Gasteiger partial charge in [0.1, 0.15) is 0 Å². The van der Waals surface area contributed by atoms with Crippen molar-refractivity contribution in [1.82, 2.24) is 0 Å². The molecule has 0 N–H and O–H groups in total. The summed E-state index contributed by atoms with van der Waals surface area (Å²) in [7, 11) is -1.53. The first-order valence-corrected chi connectivity index (χ1v) is 9.01. The van der Waals surface area contributed by atoms with E-state index in [1.54, 1.807) is 0 Å². The maximum absolute atomic E-state index is 6.34. The van der Waals surface area contributed by atoms with Crippen LogP contribution in [0.2, 0.25) is 18.6 Å². The third-order valence-electron chi connectivity index (χ3n) is 2.46. The molecule has 1 aromatic rings. The fourth-order valence-electron chi connectivity index (χ4n) is 1.05. The summed E-state index contributed by atoms with van der Waals surface area (Å²) in [4.78, 5) is 0. The molecule has 0 aliphatic heterocycles. The molecule has 1 rings (SSSR count). The van der Waals surface area contributed by atoms with Crippen molar-refractivity contribution in [2.45, 2.75) is 25.6 Å². The van der Waals surface area contributed by atoms with Crippen molar-refractivity contribution in [3.8, 4) is 0 Å². The zero-order valence-corrected chi connectivity index (χ0v) is 10.8. The monoisotopic (exact) mass is 224 g/mol. The molecule has 0 amide bonds. The Labute approximate surface area is 92.3 Å². The molecule has 2 heteroatoms. The summed E-state index contributed by atoms with van der Waals surface area (Å²) >= 11 is 6.34. The van der Waals surface area contributed by atoms with Gasteiger partial charge in [-0.25, -0.2) is 0 Å². The lowest BCUT2D eigenvalue weighted by Crippen LogP contribution is -2.21. The van der Waals surface area contributed by atoms with Crippen molar-refractivity contribution in [1.29, 1.82) is 0 Å². The molecular weight excluding hydrogens is 208 g/mol. The van der Waals surface area contributed by atoms with E-state index in [1.165, 1.54) is 5.56 Å². The summed E-state index contributed by atoms with van der Waals surface area (Å²) < 4.78 is 0. The van der Waals surface area contributed by atoms with Gasteiger partial charge >= 0.3 is 0 Å². The highest BCUT2D eigenvalue weighted by molar-refractivity contribution is 7.20. The molecule has 0 heterocycles. The van der Waals surface area contributed by atoms with Crippen LogP contribution in [0.1, 0.15) is 12.5 Å². The van der Waals surface area contributed by atoms with Crippen LogP contribution in [0, 0.1) is 0 Å². The van der Waals surface area contributed by atoms with Gasteiger partial charge in [-0.1, -0.05) is 62.5 Å². The maximum atomic E-state index is 6.34. The first-order valence-electron chi connectivity index (χ1n) is 4.92. The zero-order valence-electron chi connectivity index (χ0n) is 9.00. The molecule has 0 fully saturated rings. The predicted molar refractivity (Wildman–Crippen MR) is 68.2 cm³/mol. The molecule has 0 aliphatic carbocycles. The van der Waals surface area contributed by atoms with Crippen LogP contribution >= 0.6 is 11.1 Å². The van der Waals surface area contributed by atoms with E-state index in [4.69, 9.17) is 11.1 Å². The fraction of sp³-hybridized carbons (Fsp3) is 0.333. The van der Waals surface area contributed by atoms with Gasteiger partial charge in [-0.3, -0.25) is 0 Å². The van der Waals surface area contributed by atoms with E-state index < -0.39 is 7.38 Å². The smallest absolute Gasteiger partial charge is 0.156 e. The Morgan fingerprint density at radius 1 is 1.21 bits per heavy atom. The molecule has 0 spiro atoms. The number of hydrogen-bond donors (Lipinski definition) is 0. The van der Waals surface area contributed by atoms with Gasteiger partial charge in [-0.15, -0.1) is 0 Å². The van der Waals surface area contributed by atoms with Gasteiger partial charge in [-0.05, 0) is 11.1 Å². The lowest BCUT2D eigenvalue weighted by Gasteiger charge is -2.18. The minimum Gasteiger partial charge on any atom is -0.167 e. The van der Waals surface area contributed by atoms with E-state index in [-0.39, 0.29) is 0 Å². The van der Waals surface area contributed by atoms with Crippen LogP contribution in [0.25, 0.3) is 6.08 Å². The van der Waals surface area contributed by atoms with Crippen LogP contribution in [0.3, 0.4) is 0 Å². The second kappa shape index (κ2) is 4.81. The quantitative estimate of drug-likeness (QED) is 0.523. The van der Waals surface area contributed by atoms with Crippen LogP contribution in [0.4, 0.5) is 0 Å². The van der Waals surface area contributed by atoms with Gasteiger partial charge in [0.05, 0.1) is 0 Å². The summed E-state index contributed by atoms with van der Waals surface area (Å²) in [6, 6.07) is 10.3. The van der Waals surface area contributed by atoms with Gasteiger partial charge in [0, 0.05) is 0 Å². The van der Waals surface area contributed by atoms with E-state index in [1.807, 2.05) is 18.2 Å². The Kier molecular flexibility index (Phi) is 3.96. The maximum Gasteiger partial charge on any atom is 0.156 e. The van der Waals surface area contributed by atoms with Gasteiger partial charge in [-0.2, -0.15) is 11.1 Å². The minimum atomic E-state index is -1.53. The Morgan fingerprint density at radius 3 is 2.29 bits per heavy atom. The van der Waals surface area contributed by atoms with Crippen molar-refractivity contribution < 1.29 is 0 Å². The largest absolute Gasteiger partial charge is 0.167 e. The Bertz CT molecular complexity index is 298. The van der Waals surface area contributed by atoms with Crippen LogP contribution in [-0.4, -0.2) is 7.38 Å². The summed E-state index contributed by atoms with van der Waals surface area (Å²) in [5.74, 6) is 0. The van der Waals surface area contributed by atoms with Crippen LogP contribution in [0.15, 0.2) is 36.4 Å². The second-order valence-corrected chi connectivity index (χ2v) is 11.1. The fourth-order valence-corrected chi connectivity index (χ4v) is 1.82. The summed E-state index contributed by atoms with van der Waals surface area (Å²) in [6.45, 7) is 6.54. The molecule has 14 heavy (non-hydrogen) atoms. The van der Waals surface area contributed by atoms with Gasteiger partial charge in [0.25, 0.3) is 0 Å². The normalized spacial score (nSPS) is 14.6. The topological polar surface area (TPSA) is 0 Å². The molecule has 0 aliphatic rings. The van der Waals surface area contributed by atoms with Crippen molar-refractivity contribution >= 4 is 24.5 Å². The average Bonchev–Trinajstić information content (AvgIpc) is 2.14. The number of allylic oxidation sites excluding steroid dienone is 1.